The van der Waals surface area contributed by atoms with E-state index >= 15 is 0 Å². The maximum absolute atomic E-state index is 10.3. The van der Waals surface area contributed by atoms with Crippen LogP contribution >= 0.6 is 15.9 Å². The van der Waals surface area contributed by atoms with Crippen LogP contribution in [0.25, 0.3) is 0 Å². The summed E-state index contributed by atoms with van der Waals surface area (Å²) in [5, 5.41) is 10.3. The van der Waals surface area contributed by atoms with Gasteiger partial charge in [-0.15, -0.1) is 0 Å². The molecule has 0 aromatic heterocycles. The van der Waals surface area contributed by atoms with E-state index < -0.39 is 6.10 Å². The van der Waals surface area contributed by atoms with Crippen LogP contribution in [0.5, 0.6) is 5.75 Å². The Hall–Kier alpha value is -1.32. The average Bonchev–Trinajstić information content (AvgIpc) is 2.39. The Kier molecular flexibility index (Phi) is 3.82. The molecule has 17 heavy (non-hydrogen) atoms. The van der Waals surface area contributed by atoms with Gasteiger partial charge >= 0.3 is 0 Å². The zero-order valence-corrected chi connectivity index (χ0v) is 11.0. The summed E-state index contributed by atoms with van der Waals surface area (Å²) >= 11 is 3.45. The average molecular weight is 293 g/mol. The highest BCUT2D eigenvalue weighted by Crippen LogP contribution is 2.31. The molecule has 0 aliphatic heterocycles. The SMILES string of the molecule is COc1ccc(C(O)c2ccccc2)c(Br)c1. The fraction of sp³-hybridized carbons (Fsp3) is 0.143. The van der Waals surface area contributed by atoms with Crippen molar-refractivity contribution in [2.75, 3.05) is 7.11 Å². The minimum absolute atomic E-state index is 0.628. The van der Waals surface area contributed by atoms with E-state index in [1.165, 1.54) is 0 Å². The van der Waals surface area contributed by atoms with E-state index in [1.54, 1.807) is 7.11 Å². The predicted molar refractivity (Wildman–Crippen MR) is 71.2 cm³/mol. The van der Waals surface area contributed by atoms with Gasteiger partial charge in [-0.1, -0.05) is 52.3 Å². The lowest BCUT2D eigenvalue weighted by Gasteiger charge is -2.14. The molecule has 1 N–H and O–H groups in total. The number of hydrogen-bond donors (Lipinski definition) is 1. The highest BCUT2D eigenvalue weighted by molar-refractivity contribution is 9.10. The molecule has 2 rings (SSSR count). The van der Waals surface area contributed by atoms with Crippen LogP contribution in [0.2, 0.25) is 0 Å². The maximum Gasteiger partial charge on any atom is 0.120 e. The first-order valence-corrected chi connectivity index (χ1v) is 6.08. The third-order valence-corrected chi connectivity index (χ3v) is 3.30. The first kappa shape index (κ1) is 12.1. The van der Waals surface area contributed by atoms with E-state index in [1.807, 2.05) is 48.5 Å². The van der Waals surface area contributed by atoms with Crippen molar-refractivity contribution in [3.8, 4) is 5.75 Å². The number of aliphatic hydroxyl groups excluding tert-OH is 1. The molecule has 0 spiro atoms. The molecule has 2 aromatic rings. The van der Waals surface area contributed by atoms with E-state index in [2.05, 4.69) is 15.9 Å². The lowest BCUT2D eigenvalue weighted by Crippen LogP contribution is -2.00. The number of rotatable bonds is 3. The van der Waals surface area contributed by atoms with Crippen LogP contribution in [-0.2, 0) is 0 Å². The Balaban J connectivity index is 2.34. The Bertz CT molecular complexity index is 497. The van der Waals surface area contributed by atoms with E-state index in [9.17, 15) is 5.11 Å². The van der Waals surface area contributed by atoms with E-state index in [4.69, 9.17) is 4.74 Å². The molecule has 88 valence electrons. The van der Waals surface area contributed by atoms with Crippen molar-refractivity contribution in [3.63, 3.8) is 0 Å². The van der Waals surface area contributed by atoms with Crippen LogP contribution in [0.3, 0.4) is 0 Å². The smallest absolute Gasteiger partial charge is 0.120 e. The molecule has 0 aliphatic rings. The minimum atomic E-state index is -0.628. The van der Waals surface area contributed by atoms with Crippen LogP contribution in [0.4, 0.5) is 0 Å². The molecule has 0 saturated carbocycles. The van der Waals surface area contributed by atoms with Crippen molar-refractivity contribution in [1.82, 2.24) is 0 Å². The second kappa shape index (κ2) is 5.34. The number of aliphatic hydroxyl groups is 1. The van der Waals surface area contributed by atoms with Crippen molar-refractivity contribution >= 4 is 15.9 Å². The zero-order chi connectivity index (χ0) is 12.3. The third kappa shape index (κ3) is 2.68. The van der Waals surface area contributed by atoms with Crippen molar-refractivity contribution in [3.05, 3.63) is 64.1 Å². The lowest BCUT2D eigenvalue weighted by molar-refractivity contribution is 0.219. The van der Waals surface area contributed by atoms with Gasteiger partial charge in [-0.3, -0.25) is 0 Å². The van der Waals surface area contributed by atoms with Crippen molar-refractivity contribution < 1.29 is 9.84 Å². The van der Waals surface area contributed by atoms with Gasteiger partial charge in [0, 0.05) is 4.47 Å². The van der Waals surface area contributed by atoms with Gasteiger partial charge < -0.3 is 9.84 Å². The first-order chi connectivity index (χ1) is 8.22. The molecule has 0 bridgehead atoms. The van der Waals surface area contributed by atoms with Gasteiger partial charge in [0.1, 0.15) is 11.9 Å². The zero-order valence-electron chi connectivity index (χ0n) is 9.43. The van der Waals surface area contributed by atoms with Crippen molar-refractivity contribution in [1.29, 1.82) is 0 Å². The molecule has 0 radical (unpaired) electrons. The Labute approximate surface area is 109 Å². The van der Waals surface area contributed by atoms with E-state index in [0.717, 1.165) is 21.3 Å². The largest absolute Gasteiger partial charge is 0.497 e. The summed E-state index contributed by atoms with van der Waals surface area (Å²) in [7, 11) is 1.62. The van der Waals surface area contributed by atoms with Crippen LogP contribution < -0.4 is 4.74 Å². The lowest BCUT2D eigenvalue weighted by atomic mass is 10.0. The summed E-state index contributed by atoms with van der Waals surface area (Å²) in [5.41, 5.74) is 1.70. The van der Waals surface area contributed by atoms with Crippen molar-refractivity contribution in [2.24, 2.45) is 0 Å². The molecule has 1 atom stereocenters. The molecular formula is C14H13BrO2. The van der Waals surface area contributed by atoms with Gasteiger partial charge in [-0.25, -0.2) is 0 Å². The second-order valence-electron chi connectivity index (χ2n) is 3.70. The van der Waals surface area contributed by atoms with Gasteiger partial charge in [0.05, 0.1) is 7.11 Å². The predicted octanol–water partition coefficient (Wildman–Crippen LogP) is 3.54. The van der Waals surface area contributed by atoms with Crippen LogP contribution in [-0.4, -0.2) is 12.2 Å². The van der Waals surface area contributed by atoms with Gasteiger partial charge in [-0.05, 0) is 23.3 Å². The summed E-state index contributed by atoms with van der Waals surface area (Å²) in [6, 6.07) is 15.1. The summed E-state index contributed by atoms with van der Waals surface area (Å²) in [6.07, 6.45) is -0.628. The minimum Gasteiger partial charge on any atom is -0.497 e. The molecule has 0 heterocycles. The molecule has 2 aromatic carbocycles. The number of ether oxygens (including phenoxy) is 1. The molecule has 0 aliphatic carbocycles. The van der Waals surface area contributed by atoms with Crippen LogP contribution in [0, 0.1) is 0 Å². The summed E-state index contributed by atoms with van der Waals surface area (Å²) in [6.45, 7) is 0. The molecule has 0 saturated heterocycles. The number of benzene rings is 2. The van der Waals surface area contributed by atoms with E-state index in [-0.39, 0.29) is 0 Å². The highest BCUT2D eigenvalue weighted by atomic mass is 79.9. The monoisotopic (exact) mass is 292 g/mol. The standard InChI is InChI=1S/C14H13BrO2/c1-17-11-7-8-12(13(15)9-11)14(16)10-5-3-2-4-6-10/h2-9,14,16H,1H3. The molecule has 3 heteroatoms. The Morgan fingerprint density at radius 1 is 1.12 bits per heavy atom. The van der Waals surface area contributed by atoms with Gasteiger partial charge in [0.15, 0.2) is 0 Å². The van der Waals surface area contributed by atoms with E-state index in [0.29, 0.717) is 0 Å². The summed E-state index contributed by atoms with van der Waals surface area (Å²) in [4.78, 5) is 0. The molecule has 0 amide bonds. The fourth-order valence-corrected chi connectivity index (χ4v) is 2.25. The Morgan fingerprint density at radius 3 is 2.41 bits per heavy atom. The first-order valence-electron chi connectivity index (χ1n) is 5.29. The van der Waals surface area contributed by atoms with Crippen molar-refractivity contribution in [2.45, 2.75) is 6.10 Å². The maximum atomic E-state index is 10.3. The normalized spacial score (nSPS) is 12.2. The van der Waals surface area contributed by atoms with Gasteiger partial charge in [-0.2, -0.15) is 0 Å². The quantitative estimate of drug-likeness (QED) is 0.938. The summed E-state index contributed by atoms with van der Waals surface area (Å²) < 4.78 is 5.96. The summed E-state index contributed by atoms with van der Waals surface area (Å²) in [5.74, 6) is 0.765. The second-order valence-corrected chi connectivity index (χ2v) is 4.56. The number of halogens is 1. The number of methoxy groups -OCH3 is 1. The topological polar surface area (TPSA) is 29.5 Å². The number of hydrogen-bond acceptors (Lipinski definition) is 2. The molecule has 2 nitrogen and oxygen atoms in total. The van der Waals surface area contributed by atoms with Gasteiger partial charge in [0.2, 0.25) is 0 Å². The van der Waals surface area contributed by atoms with Crippen LogP contribution in [0.1, 0.15) is 17.2 Å². The molecule has 0 fully saturated rings. The Morgan fingerprint density at radius 2 is 1.82 bits per heavy atom. The molecular weight excluding hydrogens is 280 g/mol. The van der Waals surface area contributed by atoms with Gasteiger partial charge in [0.25, 0.3) is 0 Å². The highest BCUT2D eigenvalue weighted by Gasteiger charge is 2.13. The van der Waals surface area contributed by atoms with Crippen LogP contribution in [0.15, 0.2) is 53.0 Å². The third-order valence-electron chi connectivity index (χ3n) is 2.62. The molecule has 1 unspecified atom stereocenters. The fourth-order valence-electron chi connectivity index (χ4n) is 1.67.